The molecule has 21 heavy (non-hydrogen) atoms. The van der Waals surface area contributed by atoms with Gasteiger partial charge in [0.2, 0.25) is 0 Å². The number of aromatic nitrogens is 1. The molecule has 3 nitrogen and oxygen atoms in total. The van der Waals surface area contributed by atoms with E-state index in [2.05, 4.69) is 36.9 Å². The van der Waals surface area contributed by atoms with E-state index in [0.717, 1.165) is 30.8 Å². The van der Waals surface area contributed by atoms with Crippen LogP contribution in [0.3, 0.4) is 0 Å². The van der Waals surface area contributed by atoms with Crippen LogP contribution in [0.5, 0.6) is 0 Å². The summed E-state index contributed by atoms with van der Waals surface area (Å²) in [6.07, 6.45) is 4.79. The third kappa shape index (κ3) is 2.88. The third-order valence-corrected chi connectivity index (χ3v) is 4.41. The number of rotatable bonds is 3. The fourth-order valence-corrected chi connectivity index (χ4v) is 3.38. The number of aryl methyl sites for hydroxylation is 2. The summed E-state index contributed by atoms with van der Waals surface area (Å²) in [5, 5.41) is 1.27. The van der Waals surface area contributed by atoms with Crippen LogP contribution >= 0.6 is 0 Å². The van der Waals surface area contributed by atoms with Gasteiger partial charge in [-0.1, -0.05) is 6.07 Å². The number of pyridine rings is 1. The lowest BCUT2D eigenvalue weighted by Crippen LogP contribution is -2.31. The Labute approximate surface area is 127 Å². The van der Waals surface area contributed by atoms with Crippen LogP contribution < -0.4 is 10.6 Å². The van der Waals surface area contributed by atoms with E-state index in [4.69, 9.17) is 10.7 Å². The molecule has 0 bridgehead atoms. The van der Waals surface area contributed by atoms with Crippen molar-refractivity contribution in [2.24, 2.45) is 5.73 Å². The fourth-order valence-electron chi connectivity index (χ4n) is 3.38. The summed E-state index contributed by atoms with van der Waals surface area (Å²) >= 11 is 0. The van der Waals surface area contributed by atoms with Crippen LogP contribution in [-0.4, -0.2) is 24.6 Å². The van der Waals surface area contributed by atoms with Gasteiger partial charge in [-0.3, -0.25) is 0 Å². The molecule has 0 saturated carbocycles. The van der Waals surface area contributed by atoms with Crippen molar-refractivity contribution in [1.82, 2.24) is 4.98 Å². The molecular formula is C18H25N3. The Morgan fingerprint density at radius 1 is 1.10 bits per heavy atom. The van der Waals surface area contributed by atoms with E-state index in [0.29, 0.717) is 6.54 Å². The second kappa shape index (κ2) is 6.02. The second-order valence-corrected chi connectivity index (χ2v) is 6.21. The van der Waals surface area contributed by atoms with Crippen molar-refractivity contribution in [3.63, 3.8) is 0 Å². The average molecular weight is 283 g/mol. The zero-order valence-electron chi connectivity index (χ0n) is 13.2. The maximum absolute atomic E-state index is 5.82. The Bertz CT molecular complexity index is 642. The average Bonchev–Trinajstić information content (AvgIpc) is 2.48. The maximum Gasteiger partial charge on any atom is 0.132 e. The summed E-state index contributed by atoms with van der Waals surface area (Å²) in [7, 11) is 0. The van der Waals surface area contributed by atoms with Gasteiger partial charge in [-0.25, -0.2) is 4.98 Å². The summed E-state index contributed by atoms with van der Waals surface area (Å²) < 4.78 is 0. The Hall–Kier alpha value is -1.61. The minimum atomic E-state index is 0.679. The summed E-state index contributed by atoms with van der Waals surface area (Å²) in [6.45, 7) is 7.24. The number of anilines is 1. The Kier molecular flexibility index (Phi) is 4.11. The second-order valence-electron chi connectivity index (χ2n) is 6.21. The molecule has 2 heterocycles. The zero-order valence-corrected chi connectivity index (χ0v) is 13.2. The molecule has 1 fully saturated rings. The molecule has 3 heteroatoms. The standard InChI is InChI=1S/C18H25N3/c1-13-10-14(2)16-12-15(6-7-19)18(20-17(16)11-13)21-8-4-3-5-9-21/h10-12H,3-9,19H2,1-2H3. The normalized spacial score (nSPS) is 15.7. The lowest BCUT2D eigenvalue weighted by atomic mass is 10.0. The molecule has 1 aromatic carbocycles. The topological polar surface area (TPSA) is 42.1 Å². The predicted molar refractivity (Wildman–Crippen MR) is 90.0 cm³/mol. The van der Waals surface area contributed by atoms with E-state index in [1.807, 2.05) is 0 Å². The van der Waals surface area contributed by atoms with Crippen LogP contribution in [0.25, 0.3) is 10.9 Å². The first-order valence-corrected chi connectivity index (χ1v) is 8.05. The van der Waals surface area contributed by atoms with Gasteiger partial charge in [0.05, 0.1) is 5.52 Å². The van der Waals surface area contributed by atoms with Gasteiger partial charge in [0, 0.05) is 18.5 Å². The van der Waals surface area contributed by atoms with Crippen molar-refractivity contribution in [2.75, 3.05) is 24.5 Å². The molecule has 0 atom stereocenters. The van der Waals surface area contributed by atoms with E-state index < -0.39 is 0 Å². The van der Waals surface area contributed by atoms with E-state index >= 15 is 0 Å². The SMILES string of the molecule is Cc1cc(C)c2cc(CCN)c(N3CCCCC3)nc2c1. The number of fused-ring (bicyclic) bond motifs is 1. The van der Waals surface area contributed by atoms with E-state index in [9.17, 15) is 0 Å². The molecule has 0 amide bonds. The summed E-state index contributed by atoms with van der Waals surface area (Å²) in [4.78, 5) is 7.46. The highest BCUT2D eigenvalue weighted by molar-refractivity contribution is 5.85. The zero-order chi connectivity index (χ0) is 14.8. The molecule has 3 rings (SSSR count). The van der Waals surface area contributed by atoms with Gasteiger partial charge < -0.3 is 10.6 Å². The Morgan fingerprint density at radius 2 is 1.86 bits per heavy atom. The lowest BCUT2D eigenvalue weighted by Gasteiger charge is -2.30. The smallest absolute Gasteiger partial charge is 0.132 e. The van der Waals surface area contributed by atoms with E-state index in [1.165, 1.54) is 41.3 Å². The van der Waals surface area contributed by atoms with Gasteiger partial charge in [0.1, 0.15) is 5.82 Å². The van der Waals surface area contributed by atoms with Gasteiger partial charge in [-0.05, 0) is 74.9 Å². The largest absolute Gasteiger partial charge is 0.356 e. The van der Waals surface area contributed by atoms with Gasteiger partial charge in [0.25, 0.3) is 0 Å². The van der Waals surface area contributed by atoms with Crippen LogP contribution in [0, 0.1) is 13.8 Å². The van der Waals surface area contributed by atoms with Crippen LogP contribution in [0.15, 0.2) is 18.2 Å². The van der Waals surface area contributed by atoms with Crippen LogP contribution in [-0.2, 0) is 6.42 Å². The van der Waals surface area contributed by atoms with Crippen LogP contribution in [0.2, 0.25) is 0 Å². The first-order valence-electron chi connectivity index (χ1n) is 8.05. The molecule has 1 aliphatic heterocycles. The molecule has 1 aliphatic rings. The van der Waals surface area contributed by atoms with Gasteiger partial charge >= 0.3 is 0 Å². The van der Waals surface area contributed by atoms with Crippen molar-refractivity contribution in [3.8, 4) is 0 Å². The van der Waals surface area contributed by atoms with Crippen molar-refractivity contribution >= 4 is 16.7 Å². The number of piperidine rings is 1. The molecule has 1 saturated heterocycles. The monoisotopic (exact) mass is 283 g/mol. The molecule has 0 unspecified atom stereocenters. The third-order valence-electron chi connectivity index (χ3n) is 4.41. The number of benzene rings is 1. The van der Waals surface area contributed by atoms with Gasteiger partial charge in [-0.2, -0.15) is 0 Å². The van der Waals surface area contributed by atoms with Crippen molar-refractivity contribution in [2.45, 2.75) is 39.5 Å². The fraction of sp³-hybridized carbons (Fsp3) is 0.500. The molecule has 2 N–H and O–H groups in total. The number of nitrogens with zero attached hydrogens (tertiary/aromatic N) is 2. The quantitative estimate of drug-likeness (QED) is 0.939. The first kappa shape index (κ1) is 14.3. The number of hydrogen-bond donors (Lipinski definition) is 1. The van der Waals surface area contributed by atoms with Crippen molar-refractivity contribution in [3.05, 3.63) is 34.9 Å². The van der Waals surface area contributed by atoms with Gasteiger partial charge in [0.15, 0.2) is 0 Å². The van der Waals surface area contributed by atoms with Crippen molar-refractivity contribution in [1.29, 1.82) is 0 Å². The highest BCUT2D eigenvalue weighted by Crippen LogP contribution is 2.28. The Morgan fingerprint density at radius 3 is 2.57 bits per heavy atom. The van der Waals surface area contributed by atoms with Crippen molar-refractivity contribution < 1.29 is 0 Å². The summed E-state index contributed by atoms with van der Waals surface area (Å²) in [6, 6.07) is 6.74. The van der Waals surface area contributed by atoms with E-state index in [1.54, 1.807) is 0 Å². The number of nitrogens with two attached hydrogens (primary N) is 1. The van der Waals surface area contributed by atoms with Gasteiger partial charge in [-0.15, -0.1) is 0 Å². The molecule has 0 radical (unpaired) electrons. The molecule has 0 aliphatic carbocycles. The minimum Gasteiger partial charge on any atom is -0.356 e. The minimum absolute atomic E-state index is 0.679. The maximum atomic E-state index is 5.82. The molecule has 2 aromatic rings. The molecular weight excluding hydrogens is 258 g/mol. The van der Waals surface area contributed by atoms with E-state index in [-0.39, 0.29) is 0 Å². The highest BCUT2D eigenvalue weighted by atomic mass is 15.2. The molecule has 1 aromatic heterocycles. The Balaban J connectivity index is 2.13. The summed E-state index contributed by atoms with van der Waals surface area (Å²) in [5.41, 5.74) is 10.8. The molecule has 0 spiro atoms. The summed E-state index contributed by atoms with van der Waals surface area (Å²) in [5.74, 6) is 1.16. The van der Waals surface area contributed by atoms with Crippen LogP contribution in [0.4, 0.5) is 5.82 Å². The van der Waals surface area contributed by atoms with Crippen LogP contribution in [0.1, 0.15) is 36.0 Å². The highest BCUT2D eigenvalue weighted by Gasteiger charge is 2.17. The first-order chi connectivity index (χ1) is 10.2. The lowest BCUT2D eigenvalue weighted by molar-refractivity contribution is 0.572. The number of hydrogen-bond acceptors (Lipinski definition) is 3. The predicted octanol–water partition coefficient (Wildman–Crippen LogP) is 3.34. The molecule has 112 valence electrons.